The molecule has 2 N–H and O–H groups in total. The molecule has 158 valence electrons. The van der Waals surface area contributed by atoms with E-state index in [0.717, 1.165) is 17.2 Å². The maximum Gasteiger partial charge on any atom is 0.280 e. The van der Waals surface area contributed by atoms with Gasteiger partial charge in [-0.2, -0.15) is 0 Å². The van der Waals surface area contributed by atoms with E-state index in [0.29, 0.717) is 11.3 Å². The molecule has 8 heteroatoms. The first kappa shape index (κ1) is 20.2. The molecule has 0 saturated carbocycles. The summed E-state index contributed by atoms with van der Waals surface area (Å²) in [5.41, 5.74) is 2.95. The summed E-state index contributed by atoms with van der Waals surface area (Å²) in [5, 5.41) is 25.1. The van der Waals surface area contributed by atoms with E-state index in [1.54, 1.807) is 29.2 Å². The summed E-state index contributed by atoms with van der Waals surface area (Å²) in [7, 11) is 1.36. The molecule has 0 aromatic heterocycles. The Hall–Kier alpha value is -4.07. The number of carbonyl (C=O) groups excluding carboxylic acids is 1. The van der Waals surface area contributed by atoms with Crippen LogP contribution in [0.15, 0.2) is 60.7 Å². The number of phenols is 1. The predicted molar refractivity (Wildman–Crippen MR) is 115 cm³/mol. The highest BCUT2D eigenvalue weighted by atomic mass is 16.6. The van der Waals surface area contributed by atoms with Gasteiger partial charge in [0, 0.05) is 12.2 Å². The van der Waals surface area contributed by atoms with Gasteiger partial charge in [-0.3, -0.25) is 14.9 Å². The highest BCUT2D eigenvalue weighted by Gasteiger charge is 2.37. The second-order valence-corrected chi connectivity index (χ2v) is 7.35. The number of aromatic hydroxyl groups is 1. The summed E-state index contributed by atoms with van der Waals surface area (Å²) in [6.45, 7) is 2.22. The molecule has 0 saturated heterocycles. The van der Waals surface area contributed by atoms with Crippen LogP contribution in [0.25, 0.3) is 0 Å². The Kier molecular flexibility index (Phi) is 5.21. The van der Waals surface area contributed by atoms with Crippen LogP contribution >= 0.6 is 0 Å². The predicted octanol–water partition coefficient (Wildman–Crippen LogP) is 4.38. The standard InChI is InChI=1S/C23H21N3O5/c1-14-7-9-15(10-8-14)13-25-22(24-18-6-4-3-5-16(18)23(25)28)17-11-21(31-2)20(27)12-19(17)26(29)30/h3-12,22,24,27H,13H2,1-2H3. The first-order chi connectivity index (χ1) is 14.9. The molecule has 4 rings (SSSR count). The zero-order chi connectivity index (χ0) is 22.1. The number of nitro groups is 1. The van der Waals surface area contributed by atoms with Crippen LogP contribution in [0.5, 0.6) is 11.5 Å². The quantitative estimate of drug-likeness (QED) is 0.470. The van der Waals surface area contributed by atoms with Crippen molar-refractivity contribution < 1.29 is 19.6 Å². The number of fused-ring (bicyclic) bond motifs is 1. The number of ether oxygens (including phenoxy) is 1. The van der Waals surface area contributed by atoms with Crippen LogP contribution in [0.1, 0.15) is 33.2 Å². The fraction of sp³-hybridized carbons (Fsp3) is 0.174. The molecular formula is C23H21N3O5. The van der Waals surface area contributed by atoms with Gasteiger partial charge in [-0.05, 0) is 30.7 Å². The van der Waals surface area contributed by atoms with E-state index in [1.807, 2.05) is 31.2 Å². The molecule has 0 fully saturated rings. The number of benzene rings is 3. The Morgan fingerprint density at radius 2 is 1.87 bits per heavy atom. The minimum absolute atomic E-state index is 0.0870. The van der Waals surface area contributed by atoms with Gasteiger partial charge in [0.05, 0.1) is 29.2 Å². The Morgan fingerprint density at radius 1 is 1.16 bits per heavy atom. The molecule has 1 aliphatic heterocycles. The molecule has 1 amide bonds. The number of amides is 1. The van der Waals surface area contributed by atoms with Crippen LogP contribution < -0.4 is 10.1 Å². The lowest BCUT2D eigenvalue weighted by atomic mass is 10.0. The first-order valence-corrected chi connectivity index (χ1v) is 9.66. The van der Waals surface area contributed by atoms with E-state index in [9.17, 15) is 20.0 Å². The molecular weight excluding hydrogens is 398 g/mol. The zero-order valence-corrected chi connectivity index (χ0v) is 17.0. The number of hydrogen-bond acceptors (Lipinski definition) is 6. The third-order valence-corrected chi connectivity index (χ3v) is 5.32. The van der Waals surface area contributed by atoms with Crippen LogP contribution in [0.2, 0.25) is 0 Å². The largest absolute Gasteiger partial charge is 0.504 e. The minimum Gasteiger partial charge on any atom is -0.504 e. The second-order valence-electron chi connectivity index (χ2n) is 7.35. The average Bonchev–Trinajstić information content (AvgIpc) is 2.77. The number of nitro benzene ring substituents is 1. The van der Waals surface area contributed by atoms with Gasteiger partial charge >= 0.3 is 0 Å². The third kappa shape index (κ3) is 3.75. The van der Waals surface area contributed by atoms with Crippen LogP contribution in [-0.4, -0.2) is 27.9 Å². The van der Waals surface area contributed by atoms with Gasteiger partial charge in [0.15, 0.2) is 11.5 Å². The monoisotopic (exact) mass is 419 g/mol. The number of rotatable bonds is 5. The Morgan fingerprint density at radius 3 is 2.55 bits per heavy atom. The van der Waals surface area contributed by atoms with Crippen LogP contribution in [-0.2, 0) is 6.54 Å². The van der Waals surface area contributed by atoms with Gasteiger partial charge in [-0.15, -0.1) is 0 Å². The van der Waals surface area contributed by atoms with Crippen molar-refractivity contribution in [2.45, 2.75) is 19.6 Å². The average molecular weight is 419 g/mol. The number of aryl methyl sites for hydroxylation is 1. The van der Waals surface area contributed by atoms with Crippen molar-refractivity contribution in [2.24, 2.45) is 0 Å². The highest BCUT2D eigenvalue weighted by molar-refractivity contribution is 6.01. The van der Waals surface area contributed by atoms with E-state index in [4.69, 9.17) is 4.74 Å². The number of para-hydroxylation sites is 1. The summed E-state index contributed by atoms with van der Waals surface area (Å²) in [5.74, 6) is -0.504. The van der Waals surface area contributed by atoms with Gasteiger partial charge in [0.1, 0.15) is 6.17 Å². The SMILES string of the molecule is COc1cc(C2Nc3ccccc3C(=O)N2Cc2ccc(C)cc2)c([N+](=O)[O-])cc1O. The Labute approximate surface area is 178 Å². The van der Waals surface area contributed by atoms with Crippen molar-refractivity contribution in [3.63, 3.8) is 0 Å². The summed E-state index contributed by atoms with van der Waals surface area (Å²) >= 11 is 0. The summed E-state index contributed by atoms with van der Waals surface area (Å²) in [4.78, 5) is 26.1. The van der Waals surface area contributed by atoms with Crippen molar-refractivity contribution in [1.29, 1.82) is 0 Å². The zero-order valence-electron chi connectivity index (χ0n) is 17.0. The maximum absolute atomic E-state index is 13.4. The fourth-order valence-corrected chi connectivity index (χ4v) is 3.71. The van der Waals surface area contributed by atoms with Crippen molar-refractivity contribution in [2.75, 3.05) is 12.4 Å². The van der Waals surface area contributed by atoms with Gasteiger partial charge in [-0.25, -0.2) is 0 Å². The number of anilines is 1. The second kappa shape index (κ2) is 7.98. The van der Waals surface area contributed by atoms with Crippen molar-refractivity contribution in [1.82, 2.24) is 4.90 Å². The summed E-state index contributed by atoms with van der Waals surface area (Å²) in [6, 6.07) is 17.2. The fourth-order valence-electron chi connectivity index (χ4n) is 3.71. The highest BCUT2D eigenvalue weighted by Crippen LogP contribution is 2.42. The Bertz CT molecular complexity index is 1160. The molecule has 0 radical (unpaired) electrons. The number of phenolic OH excluding ortho intramolecular Hbond substituents is 1. The lowest BCUT2D eigenvalue weighted by Crippen LogP contribution is -2.42. The molecule has 1 aliphatic rings. The molecule has 0 aliphatic carbocycles. The molecule has 1 heterocycles. The van der Waals surface area contributed by atoms with Crippen LogP contribution in [0, 0.1) is 17.0 Å². The van der Waals surface area contributed by atoms with Crippen molar-refractivity contribution >= 4 is 17.3 Å². The molecule has 0 spiro atoms. The molecule has 0 bridgehead atoms. The number of nitrogens with zero attached hydrogens (tertiary/aromatic N) is 2. The molecule has 3 aromatic carbocycles. The number of methoxy groups -OCH3 is 1. The number of carbonyl (C=O) groups is 1. The molecule has 1 unspecified atom stereocenters. The van der Waals surface area contributed by atoms with E-state index in [2.05, 4.69) is 5.32 Å². The molecule has 8 nitrogen and oxygen atoms in total. The number of nitrogens with one attached hydrogen (secondary N) is 1. The summed E-state index contributed by atoms with van der Waals surface area (Å²) in [6.07, 6.45) is -0.835. The lowest BCUT2D eigenvalue weighted by Gasteiger charge is -2.38. The van der Waals surface area contributed by atoms with Crippen LogP contribution in [0.3, 0.4) is 0 Å². The molecule has 1 atom stereocenters. The summed E-state index contributed by atoms with van der Waals surface area (Å²) < 4.78 is 5.17. The van der Waals surface area contributed by atoms with Gasteiger partial charge in [0.25, 0.3) is 11.6 Å². The first-order valence-electron chi connectivity index (χ1n) is 9.66. The topological polar surface area (TPSA) is 105 Å². The lowest BCUT2D eigenvalue weighted by molar-refractivity contribution is -0.386. The maximum atomic E-state index is 13.4. The normalized spacial score (nSPS) is 15.2. The van der Waals surface area contributed by atoms with Gasteiger partial charge < -0.3 is 20.1 Å². The van der Waals surface area contributed by atoms with Crippen LogP contribution in [0.4, 0.5) is 11.4 Å². The minimum atomic E-state index is -0.835. The third-order valence-electron chi connectivity index (χ3n) is 5.32. The number of hydrogen-bond donors (Lipinski definition) is 2. The van der Waals surface area contributed by atoms with E-state index in [1.165, 1.54) is 13.2 Å². The van der Waals surface area contributed by atoms with Crippen molar-refractivity contribution in [3.05, 3.63) is 93.0 Å². The van der Waals surface area contributed by atoms with Crippen molar-refractivity contribution in [3.8, 4) is 11.5 Å². The molecule has 3 aromatic rings. The molecule has 31 heavy (non-hydrogen) atoms. The van der Waals surface area contributed by atoms with Gasteiger partial charge in [0.2, 0.25) is 0 Å². The van der Waals surface area contributed by atoms with E-state index < -0.39 is 11.1 Å². The van der Waals surface area contributed by atoms with E-state index >= 15 is 0 Å². The van der Waals surface area contributed by atoms with E-state index in [-0.39, 0.29) is 35.2 Å². The Balaban J connectivity index is 1.86. The smallest absolute Gasteiger partial charge is 0.280 e. The van der Waals surface area contributed by atoms with Gasteiger partial charge in [-0.1, -0.05) is 42.0 Å².